The Hall–Kier alpha value is -0.860. The van der Waals surface area contributed by atoms with Crippen LogP contribution in [0.25, 0.3) is 0 Å². The lowest BCUT2D eigenvalue weighted by Gasteiger charge is -2.31. The molecule has 1 rings (SSSR count). The maximum atomic E-state index is 3.41. The maximum Gasteiger partial charge on any atom is 0.0475 e. The molecule has 0 aliphatic heterocycles. The Labute approximate surface area is 93.3 Å². The molecular weight excluding hydrogens is 184 g/mol. The molecule has 1 N–H and O–H groups in total. The number of likely N-dealkylation sites (N-methyl/N-ethyl adjacent to an activating group) is 2. The SMILES string of the molecule is CCC(C(NC)c1ccccc1)N(C)C. The van der Waals surface area contributed by atoms with E-state index in [0.29, 0.717) is 12.1 Å². The van der Waals surface area contributed by atoms with Crippen molar-refractivity contribution in [3.8, 4) is 0 Å². The second kappa shape index (κ2) is 5.89. The summed E-state index contributed by atoms with van der Waals surface area (Å²) in [6.45, 7) is 2.23. The number of nitrogens with one attached hydrogen (secondary N) is 1. The fraction of sp³-hybridized carbons (Fsp3) is 0.538. The lowest BCUT2D eigenvalue weighted by molar-refractivity contribution is 0.229. The first kappa shape index (κ1) is 12.2. The first-order chi connectivity index (χ1) is 7.20. The fourth-order valence-corrected chi connectivity index (χ4v) is 2.14. The van der Waals surface area contributed by atoms with Crippen LogP contribution in [0.1, 0.15) is 24.9 Å². The van der Waals surface area contributed by atoms with E-state index in [1.807, 2.05) is 7.05 Å². The molecule has 0 bridgehead atoms. The normalized spacial score (nSPS) is 15.3. The highest BCUT2D eigenvalue weighted by molar-refractivity contribution is 5.20. The van der Waals surface area contributed by atoms with Gasteiger partial charge in [0.25, 0.3) is 0 Å². The van der Waals surface area contributed by atoms with Crippen molar-refractivity contribution in [2.24, 2.45) is 0 Å². The molecule has 2 unspecified atom stereocenters. The van der Waals surface area contributed by atoms with E-state index in [9.17, 15) is 0 Å². The van der Waals surface area contributed by atoms with Crippen LogP contribution in [0.3, 0.4) is 0 Å². The van der Waals surface area contributed by atoms with Crippen molar-refractivity contribution in [2.45, 2.75) is 25.4 Å². The van der Waals surface area contributed by atoms with E-state index in [2.05, 4.69) is 61.6 Å². The van der Waals surface area contributed by atoms with Crippen molar-refractivity contribution in [1.82, 2.24) is 10.2 Å². The number of hydrogen-bond acceptors (Lipinski definition) is 2. The lowest BCUT2D eigenvalue weighted by Crippen LogP contribution is -2.39. The summed E-state index contributed by atoms with van der Waals surface area (Å²) in [5.41, 5.74) is 1.36. The Bertz CT molecular complexity index is 269. The summed E-state index contributed by atoms with van der Waals surface area (Å²) in [6.07, 6.45) is 1.15. The van der Waals surface area contributed by atoms with Gasteiger partial charge >= 0.3 is 0 Å². The third kappa shape index (κ3) is 3.05. The summed E-state index contributed by atoms with van der Waals surface area (Å²) >= 11 is 0. The highest BCUT2D eigenvalue weighted by Gasteiger charge is 2.21. The third-order valence-electron chi connectivity index (χ3n) is 2.94. The van der Waals surface area contributed by atoms with E-state index >= 15 is 0 Å². The number of hydrogen-bond donors (Lipinski definition) is 1. The zero-order valence-electron chi connectivity index (χ0n) is 10.2. The zero-order valence-corrected chi connectivity index (χ0v) is 10.2. The molecule has 0 fully saturated rings. The second-order valence-electron chi connectivity index (χ2n) is 4.12. The fourth-order valence-electron chi connectivity index (χ4n) is 2.14. The molecular formula is C13H22N2. The van der Waals surface area contributed by atoms with E-state index in [-0.39, 0.29) is 0 Å². The van der Waals surface area contributed by atoms with Crippen molar-refractivity contribution in [3.05, 3.63) is 35.9 Å². The highest BCUT2D eigenvalue weighted by atomic mass is 15.1. The molecule has 15 heavy (non-hydrogen) atoms. The van der Waals surface area contributed by atoms with Crippen LogP contribution in [0.5, 0.6) is 0 Å². The summed E-state index contributed by atoms with van der Waals surface area (Å²) in [5, 5.41) is 3.41. The van der Waals surface area contributed by atoms with E-state index in [1.165, 1.54) is 5.56 Å². The molecule has 0 radical (unpaired) electrons. The van der Waals surface area contributed by atoms with Crippen molar-refractivity contribution in [1.29, 1.82) is 0 Å². The minimum atomic E-state index is 0.409. The number of nitrogens with zero attached hydrogens (tertiary/aromatic N) is 1. The van der Waals surface area contributed by atoms with Gasteiger partial charge in [-0.25, -0.2) is 0 Å². The van der Waals surface area contributed by atoms with Crippen LogP contribution in [-0.2, 0) is 0 Å². The van der Waals surface area contributed by atoms with Crippen molar-refractivity contribution < 1.29 is 0 Å². The summed E-state index contributed by atoms with van der Waals surface area (Å²) in [7, 11) is 6.31. The summed E-state index contributed by atoms with van der Waals surface area (Å²) in [5.74, 6) is 0. The van der Waals surface area contributed by atoms with Gasteiger partial charge in [-0.2, -0.15) is 0 Å². The van der Waals surface area contributed by atoms with Crippen LogP contribution in [-0.4, -0.2) is 32.1 Å². The van der Waals surface area contributed by atoms with Gasteiger partial charge in [0.15, 0.2) is 0 Å². The van der Waals surface area contributed by atoms with Gasteiger partial charge in [-0.05, 0) is 33.1 Å². The van der Waals surface area contributed by atoms with Gasteiger partial charge in [-0.1, -0.05) is 37.3 Å². The van der Waals surface area contributed by atoms with Gasteiger partial charge in [0.05, 0.1) is 0 Å². The molecule has 0 heterocycles. The first-order valence-electron chi connectivity index (χ1n) is 5.59. The van der Waals surface area contributed by atoms with Gasteiger partial charge in [0.1, 0.15) is 0 Å². The summed E-state index contributed by atoms with van der Waals surface area (Å²) in [4.78, 5) is 2.29. The minimum Gasteiger partial charge on any atom is -0.312 e. The molecule has 0 spiro atoms. The molecule has 0 aliphatic carbocycles. The number of rotatable bonds is 5. The van der Waals surface area contributed by atoms with Gasteiger partial charge < -0.3 is 10.2 Å². The number of benzene rings is 1. The smallest absolute Gasteiger partial charge is 0.0475 e. The maximum absolute atomic E-state index is 3.41. The quantitative estimate of drug-likeness (QED) is 0.795. The van der Waals surface area contributed by atoms with Crippen LogP contribution in [0.4, 0.5) is 0 Å². The predicted octanol–water partition coefficient (Wildman–Crippen LogP) is 2.29. The van der Waals surface area contributed by atoms with Gasteiger partial charge in [-0.3, -0.25) is 0 Å². The van der Waals surface area contributed by atoms with Crippen LogP contribution >= 0.6 is 0 Å². The van der Waals surface area contributed by atoms with Gasteiger partial charge in [0.2, 0.25) is 0 Å². The minimum absolute atomic E-state index is 0.409. The molecule has 0 aliphatic rings. The Morgan fingerprint density at radius 1 is 1.20 bits per heavy atom. The predicted molar refractivity (Wildman–Crippen MR) is 66.0 cm³/mol. The zero-order chi connectivity index (χ0) is 11.3. The average Bonchev–Trinajstić information content (AvgIpc) is 2.26. The largest absolute Gasteiger partial charge is 0.312 e. The summed E-state index contributed by atoms with van der Waals surface area (Å²) < 4.78 is 0. The van der Waals surface area contributed by atoms with E-state index in [0.717, 1.165) is 6.42 Å². The van der Waals surface area contributed by atoms with Crippen LogP contribution < -0.4 is 5.32 Å². The Balaban J connectivity index is 2.87. The molecule has 1 aromatic rings. The van der Waals surface area contributed by atoms with Crippen LogP contribution in [0, 0.1) is 0 Å². The van der Waals surface area contributed by atoms with E-state index in [4.69, 9.17) is 0 Å². The Morgan fingerprint density at radius 3 is 2.20 bits per heavy atom. The molecule has 1 aromatic carbocycles. The van der Waals surface area contributed by atoms with E-state index in [1.54, 1.807) is 0 Å². The second-order valence-corrected chi connectivity index (χ2v) is 4.12. The highest BCUT2D eigenvalue weighted by Crippen LogP contribution is 2.21. The van der Waals surface area contributed by atoms with Crippen molar-refractivity contribution in [3.63, 3.8) is 0 Å². The molecule has 0 saturated heterocycles. The summed E-state index contributed by atoms with van der Waals surface area (Å²) in [6, 6.07) is 11.6. The molecule has 0 aromatic heterocycles. The van der Waals surface area contributed by atoms with Crippen LogP contribution in [0.15, 0.2) is 30.3 Å². The Kier molecular flexibility index (Phi) is 4.79. The molecule has 84 valence electrons. The van der Waals surface area contributed by atoms with Crippen molar-refractivity contribution in [2.75, 3.05) is 21.1 Å². The molecule has 0 amide bonds. The topological polar surface area (TPSA) is 15.3 Å². The molecule has 2 heteroatoms. The van der Waals surface area contributed by atoms with E-state index < -0.39 is 0 Å². The monoisotopic (exact) mass is 206 g/mol. The standard InChI is InChI=1S/C13H22N2/c1-5-12(15(3)4)13(14-2)11-9-7-6-8-10-11/h6-10,12-14H,5H2,1-4H3. The first-order valence-corrected chi connectivity index (χ1v) is 5.59. The van der Waals surface area contributed by atoms with Crippen LogP contribution in [0.2, 0.25) is 0 Å². The average molecular weight is 206 g/mol. The molecule has 0 saturated carbocycles. The van der Waals surface area contributed by atoms with Gasteiger partial charge in [0, 0.05) is 12.1 Å². The van der Waals surface area contributed by atoms with Crippen molar-refractivity contribution >= 4 is 0 Å². The molecule has 2 nitrogen and oxygen atoms in total. The van der Waals surface area contributed by atoms with Gasteiger partial charge in [-0.15, -0.1) is 0 Å². The molecule has 2 atom stereocenters. The Morgan fingerprint density at radius 2 is 1.80 bits per heavy atom. The lowest BCUT2D eigenvalue weighted by atomic mass is 9.97. The third-order valence-corrected chi connectivity index (χ3v) is 2.94.